The number of aliphatic hydroxyl groups excluding tert-OH is 1. The number of carbonyl (C=O) groups is 3. The number of ketones is 1. The zero-order valence-corrected chi connectivity index (χ0v) is 15.5. The number of ether oxygens (including phenoxy) is 2. The fourth-order valence-electron chi connectivity index (χ4n) is 5.09. The first-order valence-electron chi connectivity index (χ1n) is 9.12. The average Bonchev–Trinajstić information content (AvgIpc) is 2.94. The van der Waals surface area contributed by atoms with Gasteiger partial charge in [-0.1, -0.05) is 27.0 Å². The van der Waals surface area contributed by atoms with Gasteiger partial charge < -0.3 is 14.6 Å². The molecule has 3 aliphatic rings. The van der Waals surface area contributed by atoms with E-state index in [0.29, 0.717) is 18.4 Å². The van der Waals surface area contributed by atoms with Gasteiger partial charge in [-0.25, -0.2) is 9.59 Å². The highest BCUT2D eigenvalue weighted by Gasteiger charge is 2.65. The Morgan fingerprint density at radius 1 is 1.42 bits per heavy atom. The molecule has 1 aliphatic heterocycles. The summed E-state index contributed by atoms with van der Waals surface area (Å²) < 4.78 is 11.2. The maximum Gasteiger partial charge on any atom is 0.334 e. The van der Waals surface area contributed by atoms with Crippen LogP contribution in [0.15, 0.2) is 24.3 Å². The summed E-state index contributed by atoms with van der Waals surface area (Å²) in [7, 11) is 0. The van der Waals surface area contributed by atoms with Crippen LogP contribution in [0.5, 0.6) is 0 Å². The Bertz CT molecular complexity index is 694. The van der Waals surface area contributed by atoms with Crippen LogP contribution in [0, 0.1) is 23.2 Å². The smallest absolute Gasteiger partial charge is 0.334 e. The fraction of sp³-hybridized carbons (Fsp3) is 0.650. The largest absolute Gasteiger partial charge is 0.458 e. The normalized spacial score (nSPS) is 41.9. The van der Waals surface area contributed by atoms with Crippen molar-refractivity contribution >= 4 is 17.7 Å². The minimum Gasteiger partial charge on any atom is -0.458 e. The van der Waals surface area contributed by atoms with Crippen molar-refractivity contribution in [1.82, 2.24) is 0 Å². The van der Waals surface area contributed by atoms with Gasteiger partial charge in [0.15, 0.2) is 0 Å². The highest BCUT2D eigenvalue weighted by molar-refractivity contribution is 5.94. The van der Waals surface area contributed by atoms with Gasteiger partial charge in [0.2, 0.25) is 0 Å². The molecule has 0 aromatic carbocycles. The van der Waals surface area contributed by atoms with Gasteiger partial charge in [0.05, 0.1) is 17.4 Å². The lowest BCUT2D eigenvalue weighted by atomic mass is 9.67. The summed E-state index contributed by atoms with van der Waals surface area (Å²) in [5.41, 5.74) is -0.585. The van der Waals surface area contributed by atoms with Crippen molar-refractivity contribution in [2.75, 3.05) is 0 Å². The van der Waals surface area contributed by atoms with Crippen LogP contribution in [0.4, 0.5) is 0 Å². The first-order valence-corrected chi connectivity index (χ1v) is 9.12. The van der Waals surface area contributed by atoms with E-state index >= 15 is 0 Å². The summed E-state index contributed by atoms with van der Waals surface area (Å²) in [6.07, 6.45) is -1.30. The highest BCUT2D eigenvalue weighted by atomic mass is 16.6. The predicted molar refractivity (Wildman–Crippen MR) is 92.8 cm³/mol. The highest BCUT2D eigenvalue weighted by Crippen LogP contribution is 2.56. The van der Waals surface area contributed by atoms with E-state index in [9.17, 15) is 19.5 Å². The van der Waals surface area contributed by atoms with Gasteiger partial charge in [0.1, 0.15) is 18.0 Å². The maximum absolute atomic E-state index is 12.9. The number of esters is 2. The Morgan fingerprint density at radius 2 is 2.08 bits per heavy atom. The molecule has 6 nitrogen and oxygen atoms in total. The second-order valence-corrected chi connectivity index (χ2v) is 7.99. The van der Waals surface area contributed by atoms with Crippen LogP contribution in [0.3, 0.4) is 0 Å². The van der Waals surface area contributed by atoms with Gasteiger partial charge in [-0.15, -0.1) is 0 Å². The molecule has 7 atom stereocenters. The van der Waals surface area contributed by atoms with E-state index in [0.717, 1.165) is 0 Å². The van der Waals surface area contributed by atoms with Crippen molar-refractivity contribution in [3.63, 3.8) is 0 Å². The monoisotopic (exact) mass is 362 g/mol. The van der Waals surface area contributed by atoms with Crippen LogP contribution in [0.2, 0.25) is 0 Å². The Balaban J connectivity index is 2.10. The molecule has 0 bridgehead atoms. The quantitative estimate of drug-likeness (QED) is 0.610. The van der Waals surface area contributed by atoms with Crippen molar-refractivity contribution in [1.29, 1.82) is 0 Å². The summed E-state index contributed by atoms with van der Waals surface area (Å²) in [5, 5.41) is 10.5. The van der Waals surface area contributed by atoms with E-state index in [-0.39, 0.29) is 29.6 Å². The van der Waals surface area contributed by atoms with Crippen molar-refractivity contribution in [3.05, 3.63) is 24.3 Å². The molecule has 26 heavy (non-hydrogen) atoms. The molecule has 3 fully saturated rings. The molecule has 2 saturated carbocycles. The molecule has 7 unspecified atom stereocenters. The third-order valence-corrected chi connectivity index (χ3v) is 6.51. The van der Waals surface area contributed by atoms with Gasteiger partial charge >= 0.3 is 11.9 Å². The Labute approximate surface area is 153 Å². The lowest BCUT2D eigenvalue weighted by molar-refractivity contribution is -0.162. The molecule has 1 saturated heterocycles. The van der Waals surface area contributed by atoms with E-state index in [4.69, 9.17) is 9.47 Å². The number of fused-ring (bicyclic) bond motifs is 2. The molecule has 0 spiro atoms. The van der Waals surface area contributed by atoms with Crippen molar-refractivity contribution in [3.8, 4) is 0 Å². The van der Waals surface area contributed by atoms with Gasteiger partial charge in [0.25, 0.3) is 0 Å². The van der Waals surface area contributed by atoms with Crippen LogP contribution >= 0.6 is 0 Å². The van der Waals surface area contributed by atoms with E-state index in [1.165, 1.54) is 0 Å². The summed E-state index contributed by atoms with van der Waals surface area (Å²) in [6, 6.07) is 0. The second kappa shape index (κ2) is 6.34. The van der Waals surface area contributed by atoms with Gasteiger partial charge in [-0.3, -0.25) is 4.79 Å². The van der Waals surface area contributed by atoms with Gasteiger partial charge in [0, 0.05) is 23.5 Å². The number of aliphatic hydroxyl groups is 1. The molecular formula is C20H26O6. The number of hydrogen-bond donors (Lipinski definition) is 1. The van der Waals surface area contributed by atoms with E-state index in [1.54, 1.807) is 13.8 Å². The third-order valence-electron chi connectivity index (χ3n) is 6.51. The van der Waals surface area contributed by atoms with Gasteiger partial charge in [-0.2, -0.15) is 0 Å². The Kier molecular flexibility index (Phi) is 4.59. The maximum atomic E-state index is 12.9. The minimum absolute atomic E-state index is 0.0208. The summed E-state index contributed by atoms with van der Waals surface area (Å²) in [6.45, 7) is 13.0. The second-order valence-electron chi connectivity index (χ2n) is 7.99. The average molecular weight is 362 g/mol. The molecule has 142 valence electrons. The number of rotatable bonds is 3. The first kappa shape index (κ1) is 18.8. The minimum atomic E-state index is -1.10. The molecule has 0 radical (unpaired) electrons. The molecule has 1 N–H and O–H groups in total. The van der Waals surface area contributed by atoms with Gasteiger partial charge in [-0.05, 0) is 25.7 Å². The summed E-state index contributed by atoms with van der Waals surface area (Å²) in [5.74, 6) is -2.31. The molecular weight excluding hydrogens is 336 g/mol. The number of hydrogen-bond acceptors (Lipinski definition) is 6. The lowest BCUT2D eigenvalue weighted by Crippen LogP contribution is -2.50. The summed E-state index contributed by atoms with van der Waals surface area (Å²) >= 11 is 0. The molecule has 3 rings (SSSR count). The fourth-order valence-corrected chi connectivity index (χ4v) is 5.09. The number of carbonyl (C=O) groups excluding carboxylic acids is 3. The zero-order valence-electron chi connectivity index (χ0n) is 15.5. The Hall–Kier alpha value is -1.95. The number of Topliss-reactive ketones (excluding diaryl/α,β-unsaturated/α-hetero) is 1. The lowest BCUT2D eigenvalue weighted by Gasteiger charge is -2.40. The Morgan fingerprint density at radius 3 is 2.69 bits per heavy atom. The topological polar surface area (TPSA) is 89.9 Å². The van der Waals surface area contributed by atoms with Crippen LogP contribution < -0.4 is 0 Å². The molecule has 2 aliphatic carbocycles. The zero-order chi connectivity index (χ0) is 19.4. The predicted octanol–water partition coefficient (Wildman–Crippen LogP) is 1.96. The molecule has 0 amide bonds. The molecule has 0 aromatic heterocycles. The van der Waals surface area contributed by atoms with Crippen molar-refractivity contribution in [2.24, 2.45) is 23.2 Å². The SMILES string of the molecule is C=C(CC)C(=O)OC1C2C(=C)C(=O)OC2CC(C)C2C(O)CC(=O)C12C. The van der Waals surface area contributed by atoms with Crippen LogP contribution in [0.1, 0.15) is 40.0 Å². The third kappa shape index (κ3) is 2.54. The van der Waals surface area contributed by atoms with Crippen LogP contribution in [-0.4, -0.2) is 41.1 Å². The van der Waals surface area contributed by atoms with Crippen molar-refractivity contribution < 1.29 is 29.0 Å². The van der Waals surface area contributed by atoms with Crippen LogP contribution in [-0.2, 0) is 23.9 Å². The molecule has 0 aromatic rings. The van der Waals surface area contributed by atoms with Crippen molar-refractivity contribution in [2.45, 2.75) is 58.3 Å². The summed E-state index contributed by atoms with van der Waals surface area (Å²) in [4.78, 5) is 37.5. The molecule has 1 heterocycles. The van der Waals surface area contributed by atoms with E-state index in [2.05, 4.69) is 13.2 Å². The van der Waals surface area contributed by atoms with Crippen LogP contribution in [0.25, 0.3) is 0 Å². The molecule has 6 heteroatoms. The first-order chi connectivity index (χ1) is 12.1. The standard InChI is InChI=1S/C20H26O6/c1-6-9(2)18(23)26-17-15-11(4)19(24)25-13(15)7-10(3)16-12(21)8-14(22)20(16,17)5/h10,12-13,15-17,21H,2,4,6-8H2,1,3,5H3. The van der Waals surface area contributed by atoms with E-state index in [1.807, 2.05) is 6.92 Å². The van der Waals surface area contributed by atoms with E-state index < -0.39 is 41.6 Å².